The average Bonchev–Trinajstić information content (AvgIpc) is 2.63. The van der Waals surface area contributed by atoms with E-state index in [1.165, 1.54) is 6.07 Å². The highest BCUT2D eigenvalue weighted by Gasteiger charge is 2.33. The molecule has 0 aliphatic heterocycles. The zero-order valence-electron chi connectivity index (χ0n) is 15.9. The number of carbonyl (C=O) groups is 1. The van der Waals surface area contributed by atoms with E-state index in [9.17, 15) is 13.6 Å². The van der Waals surface area contributed by atoms with Gasteiger partial charge in [0.15, 0.2) is 5.76 Å². The monoisotopic (exact) mass is 386 g/mol. The minimum Gasteiger partial charge on any atom is -0.539 e. The lowest BCUT2D eigenvalue weighted by molar-refractivity contribution is -0.141. The van der Waals surface area contributed by atoms with E-state index < -0.39 is 20.9 Å². The summed E-state index contributed by atoms with van der Waals surface area (Å²) in [5, 5.41) is 0. The molecule has 0 unspecified atom stereocenters. The Hall–Kier alpha value is -1.89. The van der Waals surface area contributed by atoms with Crippen molar-refractivity contribution in [2.45, 2.75) is 58.9 Å². The molecule has 1 rings (SSSR count). The number of benzene rings is 1. The highest BCUT2D eigenvalue weighted by Crippen LogP contribution is 2.27. The fourth-order valence-electron chi connectivity index (χ4n) is 2.65. The molecule has 0 N–H and O–H groups in total. The summed E-state index contributed by atoms with van der Waals surface area (Å²) in [4.78, 5) is 12.3. The van der Waals surface area contributed by atoms with E-state index in [1.807, 2.05) is 0 Å². The first-order valence-corrected chi connectivity index (χ1v) is 11.5. The average molecular weight is 387 g/mol. The third-order valence-electron chi connectivity index (χ3n) is 4.43. The van der Waals surface area contributed by atoms with E-state index in [1.54, 1.807) is 31.2 Å². The van der Waals surface area contributed by atoms with Crippen molar-refractivity contribution < 1.29 is 27.5 Å². The van der Waals surface area contributed by atoms with Crippen molar-refractivity contribution in [1.82, 2.24) is 0 Å². The van der Waals surface area contributed by atoms with Crippen molar-refractivity contribution in [3.8, 4) is 5.75 Å². The fraction of sp³-hybridized carbons (Fsp3) is 0.526. The summed E-state index contributed by atoms with van der Waals surface area (Å²) in [6, 6.07) is 9.14. The number of alkyl halides is 2. The summed E-state index contributed by atoms with van der Waals surface area (Å²) in [6.45, 7) is 5.26. The molecule has 0 heterocycles. The van der Waals surface area contributed by atoms with Crippen LogP contribution >= 0.6 is 0 Å². The molecule has 0 fully saturated rings. The summed E-state index contributed by atoms with van der Waals surface area (Å²) < 4.78 is 40.9. The van der Waals surface area contributed by atoms with Gasteiger partial charge in [-0.15, -0.1) is 0 Å². The number of para-hydroxylation sites is 1. The second-order valence-electron chi connectivity index (χ2n) is 5.82. The molecular weight excluding hydrogens is 358 g/mol. The molecule has 0 atom stereocenters. The Labute approximate surface area is 155 Å². The number of hydrogen-bond acceptors (Lipinski definition) is 4. The van der Waals surface area contributed by atoms with Crippen molar-refractivity contribution in [1.29, 1.82) is 0 Å². The summed E-state index contributed by atoms with van der Waals surface area (Å²) in [5.74, 6) is -0.269. The second kappa shape index (κ2) is 11.0. The van der Waals surface area contributed by atoms with Gasteiger partial charge in [-0.25, -0.2) is 4.79 Å². The normalized spacial score (nSPS) is 12.2. The molecular formula is C19H28F2O4Si. The van der Waals surface area contributed by atoms with E-state index in [-0.39, 0.29) is 24.5 Å². The number of allylic oxidation sites excluding steroid dienone is 1. The number of rotatable bonds is 11. The molecule has 0 saturated heterocycles. The van der Waals surface area contributed by atoms with Crippen molar-refractivity contribution in [2.24, 2.45) is 0 Å². The van der Waals surface area contributed by atoms with Crippen LogP contribution in [-0.4, -0.2) is 27.5 Å². The van der Waals surface area contributed by atoms with Crippen LogP contribution in [0.3, 0.4) is 0 Å². The lowest BCUT2D eigenvalue weighted by Gasteiger charge is -2.29. The molecule has 0 bridgehead atoms. The van der Waals surface area contributed by atoms with E-state index >= 15 is 0 Å². The fourth-order valence-corrected chi connectivity index (χ4v) is 5.22. The maximum atomic E-state index is 12.6. The molecule has 0 aliphatic carbocycles. The largest absolute Gasteiger partial charge is 0.539 e. The summed E-state index contributed by atoms with van der Waals surface area (Å²) >= 11 is 0. The number of halogens is 2. The number of carbonyl (C=O) groups excluding carboxylic acids is 1. The Bertz CT molecular complexity index is 593. The summed E-state index contributed by atoms with van der Waals surface area (Å²) in [5.41, 5.74) is 0.551. The Morgan fingerprint density at radius 1 is 1.12 bits per heavy atom. The zero-order valence-corrected chi connectivity index (χ0v) is 16.9. The van der Waals surface area contributed by atoms with Gasteiger partial charge in [-0.1, -0.05) is 39.0 Å². The number of esters is 1. The molecule has 4 nitrogen and oxygen atoms in total. The lowest BCUT2D eigenvalue weighted by atomic mass is 10.1. The third kappa shape index (κ3) is 6.44. The van der Waals surface area contributed by atoms with Crippen LogP contribution in [0.25, 0.3) is 0 Å². The molecule has 1 aromatic rings. The molecule has 0 aliphatic rings. The lowest BCUT2D eigenvalue weighted by Crippen LogP contribution is -2.37. The molecule has 0 amide bonds. The van der Waals surface area contributed by atoms with Crippen LogP contribution < -0.4 is 4.74 Å². The Morgan fingerprint density at radius 2 is 1.73 bits per heavy atom. The molecule has 1 aromatic carbocycles. The van der Waals surface area contributed by atoms with Gasteiger partial charge in [-0.3, -0.25) is 0 Å². The van der Waals surface area contributed by atoms with Crippen LogP contribution in [0.5, 0.6) is 5.75 Å². The number of hydrogen-bond donors (Lipinski definition) is 0. The molecule has 7 heteroatoms. The quantitative estimate of drug-likeness (QED) is 0.224. The smallest absolute Gasteiger partial charge is 0.387 e. The minimum absolute atomic E-state index is 0.0898. The van der Waals surface area contributed by atoms with E-state index in [0.717, 1.165) is 18.1 Å². The predicted octanol–water partition coefficient (Wildman–Crippen LogP) is 5.30. The third-order valence-corrected chi connectivity index (χ3v) is 8.95. The number of ether oxygens (including phenoxy) is 2. The second-order valence-corrected chi connectivity index (χ2v) is 10.5. The van der Waals surface area contributed by atoms with E-state index in [0.29, 0.717) is 5.56 Å². The first kappa shape index (κ1) is 22.1. The van der Waals surface area contributed by atoms with Gasteiger partial charge in [-0.2, -0.15) is 8.78 Å². The first-order chi connectivity index (χ1) is 12.4. The van der Waals surface area contributed by atoms with Gasteiger partial charge < -0.3 is 13.9 Å². The molecule has 0 radical (unpaired) electrons. The van der Waals surface area contributed by atoms with Crippen molar-refractivity contribution >= 4 is 14.3 Å². The highest BCUT2D eigenvalue weighted by molar-refractivity contribution is 6.74. The van der Waals surface area contributed by atoms with Gasteiger partial charge in [0.25, 0.3) is 8.32 Å². The molecule has 26 heavy (non-hydrogen) atoms. The minimum atomic E-state index is -2.90. The van der Waals surface area contributed by atoms with Crippen LogP contribution in [0, 0.1) is 0 Å². The highest BCUT2D eigenvalue weighted by atomic mass is 28.4. The van der Waals surface area contributed by atoms with Crippen LogP contribution in [0.1, 0.15) is 33.3 Å². The molecule has 0 aromatic heterocycles. The van der Waals surface area contributed by atoms with Crippen LogP contribution in [0.4, 0.5) is 8.78 Å². The van der Waals surface area contributed by atoms with E-state index in [4.69, 9.17) is 9.16 Å². The Morgan fingerprint density at radius 3 is 2.27 bits per heavy atom. The standard InChI is InChI=1S/C19H28F2O4Si/c1-5-23-18(22)17(25-26(6-2,7-3)8-4)14-13-15-11-9-10-12-16(15)24-19(20)21/h9-12,14,19H,5-8,13H2,1-4H3/b17-14-. The Balaban J connectivity index is 3.10. The molecule has 146 valence electrons. The van der Waals surface area contributed by atoms with E-state index in [2.05, 4.69) is 25.5 Å². The van der Waals surface area contributed by atoms with Gasteiger partial charge in [0.2, 0.25) is 0 Å². The predicted molar refractivity (Wildman–Crippen MR) is 99.8 cm³/mol. The topological polar surface area (TPSA) is 44.8 Å². The van der Waals surface area contributed by atoms with Crippen molar-refractivity contribution in [2.75, 3.05) is 6.61 Å². The van der Waals surface area contributed by atoms with Gasteiger partial charge in [0.05, 0.1) is 6.61 Å². The Kier molecular flexibility index (Phi) is 9.33. The SMILES string of the molecule is CCOC(=O)/C(=C/Cc1ccccc1OC(F)F)O[Si](CC)(CC)CC. The molecule has 0 saturated carbocycles. The van der Waals surface area contributed by atoms with Gasteiger partial charge in [0.1, 0.15) is 5.75 Å². The van der Waals surface area contributed by atoms with Gasteiger partial charge in [-0.05, 0) is 49.2 Å². The zero-order chi connectivity index (χ0) is 19.6. The molecule has 0 spiro atoms. The van der Waals surface area contributed by atoms with Crippen LogP contribution in [-0.2, 0) is 20.4 Å². The summed E-state index contributed by atoms with van der Waals surface area (Å²) in [6.07, 6.45) is 1.84. The van der Waals surface area contributed by atoms with Gasteiger partial charge in [0, 0.05) is 0 Å². The first-order valence-electron chi connectivity index (χ1n) is 9.00. The maximum Gasteiger partial charge on any atom is 0.387 e. The maximum absolute atomic E-state index is 12.6. The van der Waals surface area contributed by atoms with Crippen molar-refractivity contribution in [3.63, 3.8) is 0 Å². The van der Waals surface area contributed by atoms with Gasteiger partial charge >= 0.3 is 12.6 Å². The van der Waals surface area contributed by atoms with Crippen molar-refractivity contribution in [3.05, 3.63) is 41.7 Å². The van der Waals surface area contributed by atoms with Crippen LogP contribution in [0.15, 0.2) is 36.1 Å². The van der Waals surface area contributed by atoms with Crippen LogP contribution in [0.2, 0.25) is 18.1 Å². The summed E-state index contributed by atoms with van der Waals surface area (Å²) in [7, 11) is -2.07.